The highest BCUT2D eigenvalue weighted by Gasteiger charge is 2.35. The van der Waals surface area contributed by atoms with Gasteiger partial charge in [0.05, 0.1) is 34.6 Å². The second-order valence-corrected chi connectivity index (χ2v) is 11.9. The molecule has 1 aliphatic heterocycles. The van der Waals surface area contributed by atoms with Crippen LogP contribution in [0, 0.1) is 0 Å². The maximum absolute atomic E-state index is 14.1. The zero-order chi connectivity index (χ0) is 29.1. The number of hydrogen-bond donors (Lipinski definition) is 0. The second-order valence-electron chi connectivity index (χ2n) is 9.55. The Bertz CT molecular complexity index is 1790. The number of benzene rings is 3. The molecule has 0 bridgehead atoms. The van der Waals surface area contributed by atoms with E-state index in [1.807, 2.05) is 74.7 Å². The molecule has 3 aromatic carbocycles. The Kier molecular flexibility index (Phi) is 8.82. The molecule has 0 N–H and O–H groups in total. The fraction of sp³-hybridized carbons (Fsp3) is 0.219. The summed E-state index contributed by atoms with van der Waals surface area (Å²) in [6.07, 6.45) is 3.72. The van der Waals surface area contributed by atoms with Crippen LogP contribution in [0.3, 0.4) is 0 Å². The number of thiazole rings is 1. The summed E-state index contributed by atoms with van der Waals surface area (Å²) in [6, 6.07) is 22.0. The molecule has 5 rings (SSSR count). The number of aromatic nitrogens is 1. The van der Waals surface area contributed by atoms with E-state index in [1.54, 1.807) is 47.5 Å². The van der Waals surface area contributed by atoms with Crippen molar-refractivity contribution < 1.29 is 14.3 Å². The highest BCUT2D eigenvalue weighted by atomic mass is 35.5. The number of thioether (sulfide) groups is 1. The number of hydrogen-bond acceptors (Lipinski definition) is 7. The van der Waals surface area contributed by atoms with E-state index in [2.05, 4.69) is 0 Å². The molecule has 2 heterocycles. The molecule has 9 heteroatoms. The predicted octanol–water partition coefficient (Wildman–Crippen LogP) is 6.10. The van der Waals surface area contributed by atoms with Gasteiger partial charge in [-0.15, -0.1) is 11.8 Å². The SMILES string of the molecule is CCOC(=O)C1=C(c2ccccc2)N=c2s/c(=C\c3cc(Cl)ccc3OC(C)C)c(=O)n2[C@@H]1c1ccc(SC)cc1. The molecular weight excluding hydrogens is 576 g/mol. The molecule has 210 valence electrons. The Morgan fingerprint density at radius 3 is 2.51 bits per heavy atom. The Hall–Kier alpha value is -3.59. The monoisotopic (exact) mass is 604 g/mol. The molecule has 0 saturated heterocycles. The lowest BCUT2D eigenvalue weighted by atomic mass is 9.93. The summed E-state index contributed by atoms with van der Waals surface area (Å²) in [5.41, 5.74) is 2.78. The van der Waals surface area contributed by atoms with Gasteiger partial charge in [0.1, 0.15) is 5.75 Å². The molecule has 0 fully saturated rings. The fourth-order valence-electron chi connectivity index (χ4n) is 4.68. The first-order valence-corrected chi connectivity index (χ1v) is 15.6. The van der Waals surface area contributed by atoms with Gasteiger partial charge in [-0.05, 0) is 69.0 Å². The van der Waals surface area contributed by atoms with Crippen LogP contribution in [0.2, 0.25) is 5.02 Å². The topological polar surface area (TPSA) is 69.9 Å². The summed E-state index contributed by atoms with van der Waals surface area (Å²) in [5, 5.41) is 0.530. The first-order valence-electron chi connectivity index (χ1n) is 13.2. The van der Waals surface area contributed by atoms with Crippen LogP contribution in [0.25, 0.3) is 11.8 Å². The number of carbonyl (C=O) groups excluding carboxylic acids is 1. The smallest absolute Gasteiger partial charge is 0.338 e. The molecule has 0 radical (unpaired) electrons. The summed E-state index contributed by atoms with van der Waals surface area (Å²) in [5.74, 6) is 0.113. The largest absolute Gasteiger partial charge is 0.490 e. The van der Waals surface area contributed by atoms with E-state index >= 15 is 0 Å². The number of carbonyl (C=O) groups is 1. The first kappa shape index (κ1) is 28.9. The van der Waals surface area contributed by atoms with Crippen LogP contribution in [0.1, 0.15) is 43.5 Å². The van der Waals surface area contributed by atoms with Crippen molar-refractivity contribution in [3.05, 3.63) is 120 Å². The minimum absolute atomic E-state index is 0.0608. The zero-order valence-electron chi connectivity index (χ0n) is 23.1. The van der Waals surface area contributed by atoms with Crippen LogP contribution in [-0.2, 0) is 9.53 Å². The second kappa shape index (κ2) is 12.5. The average molecular weight is 605 g/mol. The van der Waals surface area contributed by atoms with Gasteiger partial charge in [0, 0.05) is 21.0 Å². The number of nitrogens with zero attached hydrogens (tertiary/aromatic N) is 2. The van der Waals surface area contributed by atoms with Crippen molar-refractivity contribution in [2.24, 2.45) is 4.99 Å². The molecule has 4 aromatic rings. The molecule has 0 amide bonds. The van der Waals surface area contributed by atoms with E-state index in [4.69, 9.17) is 26.1 Å². The van der Waals surface area contributed by atoms with E-state index in [-0.39, 0.29) is 18.3 Å². The third kappa shape index (κ3) is 6.05. The van der Waals surface area contributed by atoms with E-state index in [9.17, 15) is 9.59 Å². The molecule has 0 saturated carbocycles. The van der Waals surface area contributed by atoms with Gasteiger partial charge in [0.25, 0.3) is 5.56 Å². The number of esters is 1. The molecule has 1 aliphatic rings. The van der Waals surface area contributed by atoms with E-state index < -0.39 is 12.0 Å². The summed E-state index contributed by atoms with van der Waals surface area (Å²) < 4.78 is 13.6. The summed E-state index contributed by atoms with van der Waals surface area (Å²) >= 11 is 9.21. The van der Waals surface area contributed by atoms with Crippen LogP contribution in [-0.4, -0.2) is 29.5 Å². The Labute approximate surface area is 251 Å². The summed E-state index contributed by atoms with van der Waals surface area (Å²) in [4.78, 5) is 34.2. The van der Waals surface area contributed by atoms with Crippen LogP contribution in [0.15, 0.2) is 93.1 Å². The Morgan fingerprint density at radius 2 is 1.85 bits per heavy atom. The Balaban J connectivity index is 1.81. The molecule has 0 spiro atoms. The van der Waals surface area contributed by atoms with Gasteiger partial charge in [0.2, 0.25) is 0 Å². The average Bonchev–Trinajstić information content (AvgIpc) is 3.28. The minimum atomic E-state index is -0.732. The van der Waals surface area contributed by atoms with E-state index in [1.165, 1.54) is 11.3 Å². The quantitative estimate of drug-likeness (QED) is 0.180. The fourth-order valence-corrected chi connectivity index (χ4v) is 6.26. The molecule has 1 atom stereocenters. The zero-order valence-corrected chi connectivity index (χ0v) is 25.5. The van der Waals surface area contributed by atoms with Crippen molar-refractivity contribution in [2.75, 3.05) is 12.9 Å². The van der Waals surface area contributed by atoms with Gasteiger partial charge < -0.3 is 9.47 Å². The first-order chi connectivity index (χ1) is 19.8. The van der Waals surface area contributed by atoms with Gasteiger partial charge in [-0.1, -0.05) is 65.4 Å². The summed E-state index contributed by atoms with van der Waals surface area (Å²) in [7, 11) is 0. The number of rotatable bonds is 8. The highest BCUT2D eigenvalue weighted by Crippen LogP contribution is 2.35. The lowest BCUT2D eigenvalue weighted by Crippen LogP contribution is -2.40. The van der Waals surface area contributed by atoms with Gasteiger partial charge >= 0.3 is 5.97 Å². The van der Waals surface area contributed by atoms with Crippen molar-refractivity contribution in [3.63, 3.8) is 0 Å². The number of halogens is 1. The predicted molar refractivity (Wildman–Crippen MR) is 166 cm³/mol. The van der Waals surface area contributed by atoms with Crippen molar-refractivity contribution in [1.29, 1.82) is 0 Å². The van der Waals surface area contributed by atoms with Crippen molar-refractivity contribution in [2.45, 2.75) is 37.8 Å². The molecule has 6 nitrogen and oxygen atoms in total. The van der Waals surface area contributed by atoms with Gasteiger partial charge in [0.15, 0.2) is 4.80 Å². The van der Waals surface area contributed by atoms with Gasteiger partial charge in [-0.25, -0.2) is 9.79 Å². The van der Waals surface area contributed by atoms with Crippen LogP contribution >= 0.6 is 34.7 Å². The van der Waals surface area contributed by atoms with Gasteiger partial charge in [-0.3, -0.25) is 9.36 Å². The van der Waals surface area contributed by atoms with Crippen molar-refractivity contribution >= 4 is 52.4 Å². The molecule has 1 aromatic heterocycles. The maximum atomic E-state index is 14.1. The third-order valence-corrected chi connectivity index (χ3v) is 8.39. The summed E-state index contributed by atoms with van der Waals surface area (Å²) in [6.45, 7) is 5.84. The third-order valence-electron chi connectivity index (χ3n) is 6.43. The molecule has 0 unspecified atom stereocenters. The van der Waals surface area contributed by atoms with E-state index in [0.29, 0.717) is 36.9 Å². The van der Waals surface area contributed by atoms with Crippen LogP contribution in [0.5, 0.6) is 5.75 Å². The highest BCUT2D eigenvalue weighted by molar-refractivity contribution is 7.98. The molecule has 0 aliphatic carbocycles. The normalized spacial score (nSPS) is 15.1. The van der Waals surface area contributed by atoms with Gasteiger partial charge in [-0.2, -0.15) is 0 Å². The Morgan fingerprint density at radius 1 is 1.12 bits per heavy atom. The number of fused-ring (bicyclic) bond motifs is 1. The minimum Gasteiger partial charge on any atom is -0.490 e. The lowest BCUT2D eigenvalue weighted by molar-refractivity contribution is -0.138. The van der Waals surface area contributed by atoms with Crippen molar-refractivity contribution in [3.8, 4) is 5.75 Å². The maximum Gasteiger partial charge on any atom is 0.338 e. The molecule has 41 heavy (non-hydrogen) atoms. The molecular formula is C32H29ClN2O4S2. The van der Waals surface area contributed by atoms with E-state index in [0.717, 1.165) is 16.0 Å². The number of ether oxygens (including phenoxy) is 2. The van der Waals surface area contributed by atoms with Crippen LogP contribution < -0.4 is 19.6 Å². The van der Waals surface area contributed by atoms with Crippen molar-refractivity contribution in [1.82, 2.24) is 4.57 Å². The lowest BCUT2D eigenvalue weighted by Gasteiger charge is -2.26. The van der Waals surface area contributed by atoms with Crippen LogP contribution in [0.4, 0.5) is 0 Å². The standard InChI is InChI=1S/C32H29ClN2O4S2/c1-5-38-31(37)27-28(20-9-7-6-8-10-20)34-32-35(29(27)21-11-14-24(40-4)15-12-21)30(36)26(41-32)18-22-17-23(33)13-16-25(22)39-19(2)3/h6-19,29H,5H2,1-4H3/b26-18-/t29-/m1/s1.